The molecule has 3 aromatic rings. The van der Waals surface area contributed by atoms with Crippen LogP contribution in [0.2, 0.25) is 5.02 Å². The Morgan fingerprint density at radius 1 is 1.23 bits per heavy atom. The van der Waals surface area contributed by atoms with Crippen molar-refractivity contribution in [2.45, 2.75) is 52.3 Å². The smallest absolute Gasteiger partial charge is 0.417 e. The van der Waals surface area contributed by atoms with Gasteiger partial charge in [-0.25, -0.2) is 4.98 Å². The summed E-state index contributed by atoms with van der Waals surface area (Å²) in [4.78, 5) is 16.6. The van der Waals surface area contributed by atoms with Crippen LogP contribution in [0, 0.1) is 6.92 Å². The largest absolute Gasteiger partial charge is 0.459 e. The molecule has 4 nitrogen and oxygen atoms in total. The zero-order chi connectivity index (χ0) is 22.1. The number of aromatic nitrogens is 2. The number of fused-ring (bicyclic) bond motifs is 1. The third kappa shape index (κ3) is 4.95. The first-order valence-corrected chi connectivity index (χ1v) is 9.92. The number of pyridine rings is 1. The van der Waals surface area contributed by atoms with E-state index in [0.29, 0.717) is 17.8 Å². The molecular weight excluding hydrogens is 417 g/mol. The quantitative estimate of drug-likeness (QED) is 0.436. The lowest BCUT2D eigenvalue weighted by molar-refractivity contribution is -0.145. The summed E-state index contributed by atoms with van der Waals surface area (Å²) in [5, 5.41) is -0.108. The number of hydrogen-bond acceptors (Lipinski definition) is 3. The summed E-state index contributed by atoms with van der Waals surface area (Å²) in [6, 6.07) is 8.69. The third-order valence-electron chi connectivity index (χ3n) is 4.79. The molecule has 0 saturated carbocycles. The monoisotopic (exact) mass is 438 g/mol. The number of aryl methyl sites for hydroxylation is 2. The lowest BCUT2D eigenvalue weighted by atomic mass is 10.1. The molecule has 0 bridgehead atoms. The molecule has 2 aromatic heterocycles. The van der Waals surface area contributed by atoms with Gasteiger partial charge in [0.2, 0.25) is 0 Å². The molecule has 8 heteroatoms. The topological polar surface area (TPSA) is 43.6 Å². The molecule has 0 aliphatic carbocycles. The highest BCUT2D eigenvalue weighted by atomic mass is 35.5. The molecule has 0 unspecified atom stereocenters. The van der Waals surface area contributed by atoms with Gasteiger partial charge in [-0.2, -0.15) is 13.2 Å². The summed E-state index contributed by atoms with van der Waals surface area (Å²) in [6.45, 7) is 5.53. The van der Waals surface area contributed by atoms with E-state index in [2.05, 4.69) is 4.98 Å². The molecule has 0 radical (unpaired) electrons. The van der Waals surface area contributed by atoms with Gasteiger partial charge in [-0.1, -0.05) is 55.3 Å². The van der Waals surface area contributed by atoms with Crippen LogP contribution in [0.25, 0.3) is 5.65 Å². The van der Waals surface area contributed by atoms with E-state index >= 15 is 0 Å². The Morgan fingerprint density at radius 3 is 2.50 bits per heavy atom. The summed E-state index contributed by atoms with van der Waals surface area (Å²) < 4.78 is 46.3. The number of imidazole rings is 1. The van der Waals surface area contributed by atoms with Crippen molar-refractivity contribution in [2.24, 2.45) is 0 Å². The molecule has 0 fully saturated rings. The second-order valence-electron chi connectivity index (χ2n) is 7.51. The molecule has 0 aliphatic heterocycles. The van der Waals surface area contributed by atoms with Gasteiger partial charge in [0.15, 0.2) is 5.65 Å². The van der Waals surface area contributed by atoms with Gasteiger partial charge in [-0.05, 0) is 30.9 Å². The number of carbonyl (C=O) groups excluding carboxylic acids is 1. The second kappa shape index (κ2) is 8.68. The summed E-state index contributed by atoms with van der Waals surface area (Å²) in [6.07, 6.45) is -2.92. The van der Waals surface area contributed by atoms with Crippen molar-refractivity contribution in [3.8, 4) is 0 Å². The minimum atomic E-state index is -4.55. The molecule has 1 aromatic carbocycles. The SMILES string of the molecule is Cc1ccc(CCC(=O)OCc2c(C(C)C)nc3c(Cl)cc(C(F)(F)F)cn23)cc1. The minimum Gasteiger partial charge on any atom is -0.459 e. The first-order valence-electron chi connectivity index (χ1n) is 9.55. The molecular formula is C22H22ClF3N2O2. The molecule has 0 saturated heterocycles. The van der Waals surface area contributed by atoms with Gasteiger partial charge in [0.25, 0.3) is 0 Å². The Kier molecular flexibility index (Phi) is 6.41. The van der Waals surface area contributed by atoms with E-state index in [0.717, 1.165) is 23.4 Å². The van der Waals surface area contributed by atoms with Gasteiger partial charge in [0.05, 0.1) is 22.0 Å². The van der Waals surface area contributed by atoms with Crippen molar-refractivity contribution >= 4 is 23.2 Å². The number of benzene rings is 1. The van der Waals surface area contributed by atoms with E-state index in [4.69, 9.17) is 16.3 Å². The van der Waals surface area contributed by atoms with E-state index in [1.165, 1.54) is 4.40 Å². The van der Waals surface area contributed by atoms with Gasteiger partial charge in [0, 0.05) is 12.6 Å². The first-order chi connectivity index (χ1) is 14.1. The van der Waals surface area contributed by atoms with Crippen molar-refractivity contribution in [1.82, 2.24) is 9.38 Å². The highest BCUT2D eigenvalue weighted by molar-refractivity contribution is 6.33. The van der Waals surface area contributed by atoms with Crippen molar-refractivity contribution < 1.29 is 22.7 Å². The molecule has 0 amide bonds. The van der Waals surface area contributed by atoms with Crippen LogP contribution in [0.4, 0.5) is 13.2 Å². The fourth-order valence-electron chi connectivity index (χ4n) is 3.15. The molecule has 30 heavy (non-hydrogen) atoms. The minimum absolute atomic E-state index is 0.0865. The Morgan fingerprint density at radius 2 is 1.90 bits per heavy atom. The standard InChI is InChI=1S/C22H22ClF3N2O2/c1-13(2)20-18(12-30-19(29)9-8-15-6-4-14(3)5-7-15)28-11-16(22(24,25)26)10-17(23)21(28)27-20/h4-7,10-11,13H,8-9,12H2,1-3H3. The van der Waals surface area contributed by atoms with Gasteiger partial charge < -0.3 is 4.74 Å². The van der Waals surface area contributed by atoms with E-state index in [9.17, 15) is 18.0 Å². The van der Waals surface area contributed by atoms with Gasteiger partial charge >= 0.3 is 12.1 Å². The average molecular weight is 439 g/mol. The predicted molar refractivity (Wildman–Crippen MR) is 109 cm³/mol. The number of halogens is 4. The summed E-state index contributed by atoms with van der Waals surface area (Å²) in [5.41, 5.74) is 2.39. The third-order valence-corrected chi connectivity index (χ3v) is 5.07. The van der Waals surface area contributed by atoms with E-state index in [-0.39, 0.29) is 29.6 Å². The lowest BCUT2D eigenvalue weighted by Crippen LogP contribution is -2.11. The number of ether oxygens (including phenoxy) is 1. The van der Waals surface area contributed by atoms with Gasteiger partial charge in [0.1, 0.15) is 6.61 Å². The number of rotatable bonds is 6. The lowest BCUT2D eigenvalue weighted by Gasteiger charge is -2.11. The van der Waals surface area contributed by atoms with Crippen LogP contribution in [0.3, 0.4) is 0 Å². The maximum Gasteiger partial charge on any atom is 0.417 e. The Bertz CT molecular complexity index is 1060. The fourth-order valence-corrected chi connectivity index (χ4v) is 3.40. The molecule has 0 N–H and O–H groups in total. The van der Waals surface area contributed by atoms with Crippen molar-refractivity contribution in [3.63, 3.8) is 0 Å². The first kappa shape index (κ1) is 22.2. The second-order valence-corrected chi connectivity index (χ2v) is 7.92. The zero-order valence-corrected chi connectivity index (χ0v) is 17.6. The van der Waals surface area contributed by atoms with Gasteiger partial charge in [-0.3, -0.25) is 9.20 Å². The molecule has 0 spiro atoms. The van der Waals surface area contributed by atoms with Crippen LogP contribution in [0.1, 0.15) is 54.3 Å². The molecule has 3 rings (SSSR count). The van der Waals surface area contributed by atoms with Crippen LogP contribution >= 0.6 is 11.6 Å². The van der Waals surface area contributed by atoms with Crippen LogP contribution < -0.4 is 0 Å². The summed E-state index contributed by atoms with van der Waals surface area (Å²) >= 11 is 6.06. The Hall–Kier alpha value is -2.54. The Balaban J connectivity index is 1.81. The van der Waals surface area contributed by atoms with Crippen molar-refractivity contribution in [2.75, 3.05) is 0 Å². The average Bonchev–Trinajstić information content (AvgIpc) is 3.05. The zero-order valence-electron chi connectivity index (χ0n) is 16.9. The highest BCUT2D eigenvalue weighted by Gasteiger charge is 2.32. The number of esters is 1. The summed E-state index contributed by atoms with van der Waals surface area (Å²) in [7, 11) is 0. The highest BCUT2D eigenvalue weighted by Crippen LogP contribution is 2.34. The van der Waals surface area contributed by atoms with E-state index in [1.54, 1.807) is 0 Å². The van der Waals surface area contributed by atoms with Crippen LogP contribution in [0.15, 0.2) is 36.5 Å². The summed E-state index contributed by atoms with van der Waals surface area (Å²) in [5.74, 6) is -0.519. The van der Waals surface area contributed by atoms with E-state index in [1.807, 2.05) is 45.0 Å². The van der Waals surface area contributed by atoms with Crippen LogP contribution in [-0.2, 0) is 28.7 Å². The van der Waals surface area contributed by atoms with Crippen molar-refractivity contribution in [3.05, 3.63) is 69.6 Å². The number of alkyl halides is 3. The van der Waals surface area contributed by atoms with E-state index < -0.39 is 17.7 Å². The molecule has 0 atom stereocenters. The number of carbonyl (C=O) groups is 1. The number of nitrogens with zero attached hydrogens (tertiary/aromatic N) is 2. The molecule has 160 valence electrons. The number of hydrogen-bond donors (Lipinski definition) is 0. The Labute approximate surface area is 177 Å². The molecule has 2 heterocycles. The fraction of sp³-hybridized carbons (Fsp3) is 0.364. The van der Waals surface area contributed by atoms with Crippen LogP contribution in [0.5, 0.6) is 0 Å². The maximum atomic E-state index is 13.2. The van der Waals surface area contributed by atoms with Crippen LogP contribution in [-0.4, -0.2) is 15.4 Å². The maximum absolute atomic E-state index is 13.2. The predicted octanol–water partition coefficient (Wildman–Crippen LogP) is 6.11. The van der Waals surface area contributed by atoms with Crippen molar-refractivity contribution in [1.29, 1.82) is 0 Å². The normalized spacial score (nSPS) is 12.0. The van der Waals surface area contributed by atoms with Gasteiger partial charge in [-0.15, -0.1) is 0 Å². The molecule has 0 aliphatic rings.